The molecule has 3 atom stereocenters. The quantitative estimate of drug-likeness (QED) is 0.248. The first-order valence-corrected chi connectivity index (χ1v) is 9.12. The molecular formula is C16H29BN4O6. The Hall–Kier alpha value is -2.14. The summed E-state index contributed by atoms with van der Waals surface area (Å²) in [5.41, 5.74) is 0. The van der Waals surface area contributed by atoms with Gasteiger partial charge in [-0.3, -0.25) is 19.2 Å². The maximum atomic E-state index is 12.5. The highest BCUT2D eigenvalue weighted by Crippen LogP contribution is 2.27. The van der Waals surface area contributed by atoms with Crippen LogP contribution in [0.1, 0.15) is 46.5 Å². The molecule has 0 unspecified atom stereocenters. The van der Waals surface area contributed by atoms with Gasteiger partial charge in [-0.05, 0) is 32.6 Å². The van der Waals surface area contributed by atoms with Crippen LogP contribution in [-0.4, -0.2) is 65.4 Å². The van der Waals surface area contributed by atoms with Gasteiger partial charge in [-0.1, -0.05) is 12.8 Å². The molecule has 4 amide bonds. The van der Waals surface area contributed by atoms with E-state index < -0.39 is 42.9 Å². The molecule has 0 spiro atoms. The number of hydrogen-bond donors (Lipinski definition) is 6. The zero-order valence-electron chi connectivity index (χ0n) is 15.9. The predicted octanol–water partition coefficient (Wildman–Crippen LogP) is -2.18. The minimum atomic E-state index is -1.70. The Bertz CT molecular complexity index is 553. The molecule has 1 saturated carbocycles. The van der Waals surface area contributed by atoms with E-state index in [0.717, 1.165) is 25.7 Å². The van der Waals surface area contributed by atoms with Gasteiger partial charge in [0.05, 0.1) is 12.5 Å². The summed E-state index contributed by atoms with van der Waals surface area (Å²) in [6.45, 7) is 3.85. The lowest BCUT2D eigenvalue weighted by atomic mass is 9.81. The molecule has 1 rings (SSSR count). The molecule has 0 aliphatic heterocycles. The second-order valence-corrected chi connectivity index (χ2v) is 6.94. The van der Waals surface area contributed by atoms with Gasteiger partial charge in [0.1, 0.15) is 12.1 Å². The van der Waals surface area contributed by atoms with Crippen molar-refractivity contribution in [2.75, 3.05) is 6.54 Å². The molecule has 0 heterocycles. The van der Waals surface area contributed by atoms with Crippen LogP contribution in [0.2, 0.25) is 0 Å². The van der Waals surface area contributed by atoms with Crippen LogP contribution in [0.3, 0.4) is 0 Å². The summed E-state index contributed by atoms with van der Waals surface area (Å²) in [4.78, 5) is 47.6. The van der Waals surface area contributed by atoms with Gasteiger partial charge in [-0.15, -0.1) is 0 Å². The summed E-state index contributed by atoms with van der Waals surface area (Å²) < 4.78 is 0. The van der Waals surface area contributed by atoms with Crippen LogP contribution in [0, 0.1) is 5.92 Å². The van der Waals surface area contributed by atoms with Gasteiger partial charge in [0.2, 0.25) is 23.6 Å². The highest BCUT2D eigenvalue weighted by Gasteiger charge is 2.32. The highest BCUT2D eigenvalue weighted by atomic mass is 16.4. The first-order chi connectivity index (χ1) is 12.6. The monoisotopic (exact) mass is 384 g/mol. The molecule has 10 nitrogen and oxygen atoms in total. The maximum absolute atomic E-state index is 12.5. The maximum Gasteiger partial charge on any atom is 0.475 e. The predicted molar refractivity (Wildman–Crippen MR) is 98.0 cm³/mol. The minimum Gasteiger partial charge on any atom is -0.426 e. The number of carbonyl (C=O) groups is 4. The summed E-state index contributed by atoms with van der Waals surface area (Å²) in [6.07, 6.45) is 3.68. The van der Waals surface area contributed by atoms with Gasteiger partial charge in [0.25, 0.3) is 0 Å². The van der Waals surface area contributed by atoms with Gasteiger partial charge in [0.15, 0.2) is 0 Å². The van der Waals surface area contributed by atoms with Crippen LogP contribution in [-0.2, 0) is 19.2 Å². The number of amides is 4. The molecule has 27 heavy (non-hydrogen) atoms. The normalized spacial score (nSPS) is 17.4. The van der Waals surface area contributed by atoms with Crippen molar-refractivity contribution in [3.05, 3.63) is 0 Å². The molecule has 1 fully saturated rings. The number of rotatable bonds is 9. The molecular weight excluding hydrogens is 355 g/mol. The fourth-order valence-corrected chi connectivity index (χ4v) is 2.98. The molecule has 0 saturated heterocycles. The third-order valence-corrected chi connectivity index (χ3v) is 4.52. The average Bonchev–Trinajstić information content (AvgIpc) is 3.11. The number of nitrogens with one attached hydrogen (secondary N) is 4. The summed E-state index contributed by atoms with van der Waals surface area (Å²) >= 11 is 0. The van der Waals surface area contributed by atoms with Crippen LogP contribution in [0.15, 0.2) is 0 Å². The second-order valence-electron chi connectivity index (χ2n) is 6.94. The molecule has 0 bridgehead atoms. The largest absolute Gasteiger partial charge is 0.475 e. The van der Waals surface area contributed by atoms with Crippen LogP contribution in [0.5, 0.6) is 0 Å². The Balaban J connectivity index is 2.50. The van der Waals surface area contributed by atoms with E-state index in [4.69, 9.17) is 10.0 Å². The van der Waals surface area contributed by atoms with Gasteiger partial charge >= 0.3 is 7.12 Å². The van der Waals surface area contributed by atoms with Crippen LogP contribution in [0.4, 0.5) is 0 Å². The lowest BCUT2D eigenvalue weighted by Gasteiger charge is -2.25. The molecule has 6 N–H and O–H groups in total. The second kappa shape index (κ2) is 10.9. The van der Waals surface area contributed by atoms with Crippen LogP contribution < -0.4 is 21.3 Å². The molecule has 0 aromatic rings. The van der Waals surface area contributed by atoms with E-state index in [1.54, 1.807) is 0 Å². The van der Waals surface area contributed by atoms with Crippen molar-refractivity contribution >= 4 is 30.7 Å². The molecule has 0 aromatic carbocycles. The Labute approximate surface area is 159 Å². The van der Waals surface area contributed by atoms with Gasteiger partial charge in [0, 0.05) is 6.92 Å². The van der Waals surface area contributed by atoms with E-state index in [1.165, 1.54) is 20.8 Å². The number of hydrogen-bond acceptors (Lipinski definition) is 6. The SMILES string of the molecule is CC(=O)N[C@H](C(=O)N[C@@H](C)C(=O)NCC(=O)N[C@@H](C)B(O)O)C1CCCC1. The van der Waals surface area contributed by atoms with Gasteiger partial charge in [-0.25, -0.2) is 0 Å². The van der Waals surface area contributed by atoms with E-state index in [9.17, 15) is 19.2 Å². The van der Waals surface area contributed by atoms with Crippen molar-refractivity contribution in [3.8, 4) is 0 Å². The van der Waals surface area contributed by atoms with E-state index in [-0.39, 0.29) is 18.4 Å². The topological polar surface area (TPSA) is 157 Å². The van der Waals surface area contributed by atoms with Gasteiger partial charge in [-0.2, -0.15) is 0 Å². The molecule has 11 heteroatoms. The lowest BCUT2D eigenvalue weighted by molar-refractivity contribution is -0.133. The van der Waals surface area contributed by atoms with Crippen molar-refractivity contribution in [1.82, 2.24) is 21.3 Å². The molecule has 152 valence electrons. The highest BCUT2D eigenvalue weighted by molar-refractivity contribution is 6.43. The molecule has 1 aliphatic rings. The third kappa shape index (κ3) is 7.96. The Morgan fingerprint density at radius 2 is 1.59 bits per heavy atom. The summed E-state index contributed by atoms with van der Waals surface area (Å²) in [6, 6.07) is -1.58. The van der Waals surface area contributed by atoms with Crippen molar-refractivity contribution in [3.63, 3.8) is 0 Å². The fraction of sp³-hybridized carbons (Fsp3) is 0.750. The molecule has 1 aliphatic carbocycles. The van der Waals surface area contributed by atoms with Crippen molar-refractivity contribution < 1.29 is 29.2 Å². The van der Waals surface area contributed by atoms with Crippen LogP contribution in [0.25, 0.3) is 0 Å². The lowest BCUT2D eigenvalue weighted by Crippen LogP contribution is -2.55. The van der Waals surface area contributed by atoms with Crippen molar-refractivity contribution in [2.24, 2.45) is 5.92 Å². The van der Waals surface area contributed by atoms with E-state index >= 15 is 0 Å². The Kier molecular flexibility index (Phi) is 9.23. The van der Waals surface area contributed by atoms with Crippen molar-refractivity contribution in [2.45, 2.75) is 64.5 Å². The minimum absolute atomic E-state index is 0.0429. The first-order valence-electron chi connectivity index (χ1n) is 9.12. The number of carbonyl (C=O) groups excluding carboxylic acids is 4. The Morgan fingerprint density at radius 3 is 2.11 bits per heavy atom. The van der Waals surface area contributed by atoms with Crippen molar-refractivity contribution in [1.29, 1.82) is 0 Å². The Morgan fingerprint density at radius 1 is 1.00 bits per heavy atom. The average molecular weight is 384 g/mol. The third-order valence-electron chi connectivity index (χ3n) is 4.52. The summed E-state index contributed by atoms with van der Waals surface area (Å²) in [7, 11) is -1.70. The molecule has 0 radical (unpaired) electrons. The smallest absolute Gasteiger partial charge is 0.426 e. The van der Waals surface area contributed by atoms with Gasteiger partial charge < -0.3 is 31.3 Å². The van der Waals surface area contributed by atoms with E-state index in [2.05, 4.69) is 21.3 Å². The first kappa shape index (κ1) is 22.9. The summed E-state index contributed by atoms with van der Waals surface area (Å²) in [5, 5.41) is 27.7. The standard InChI is InChI=1S/C16H29BN4O6/c1-9(15(24)18-8-13(23)20-10(2)17(26)27)19-16(25)14(21-11(3)22)12-6-4-5-7-12/h9-10,12,14,26-27H,4-8H2,1-3H3,(H,18,24)(H,19,25)(H,20,23)(H,21,22)/t9-,10-,14-/m0/s1. The summed E-state index contributed by atoms with van der Waals surface area (Å²) in [5.74, 6) is -2.73. The zero-order valence-corrected chi connectivity index (χ0v) is 15.9. The van der Waals surface area contributed by atoms with E-state index in [1.807, 2.05) is 0 Å². The fourth-order valence-electron chi connectivity index (χ4n) is 2.98. The van der Waals surface area contributed by atoms with E-state index in [0.29, 0.717) is 0 Å². The van der Waals surface area contributed by atoms with Crippen LogP contribution >= 0.6 is 0 Å². The zero-order chi connectivity index (χ0) is 20.6. The molecule has 0 aromatic heterocycles.